The first kappa shape index (κ1) is 13.2. The van der Waals surface area contributed by atoms with Crippen LogP contribution in [-0.2, 0) is 13.0 Å². The molecule has 0 spiro atoms. The van der Waals surface area contributed by atoms with Gasteiger partial charge in [-0.2, -0.15) is 0 Å². The van der Waals surface area contributed by atoms with E-state index in [2.05, 4.69) is 55.3 Å². The second-order valence-corrected chi connectivity index (χ2v) is 5.85. The summed E-state index contributed by atoms with van der Waals surface area (Å²) in [5.74, 6) is 0. The molecule has 3 heteroatoms. The Hall–Kier alpha value is -1.19. The average Bonchev–Trinajstić information content (AvgIpc) is 2.83. The zero-order chi connectivity index (χ0) is 13.0. The highest BCUT2D eigenvalue weighted by Gasteiger charge is 2.08. The fourth-order valence-corrected chi connectivity index (χ4v) is 2.62. The minimum Gasteiger partial charge on any atom is -0.304 e. The van der Waals surface area contributed by atoms with Gasteiger partial charge in [-0.05, 0) is 31.4 Å². The van der Waals surface area contributed by atoms with E-state index in [1.165, 1.54) is 16.0 Å². The summed E-state index contributed by atoms with van der Waals surface area (Å²) >= 11 is 1.76. The van der Waals surface area contributed by atoms with E-state index >= 15 is 0 Å². The molecule has 0 saturated carbocycles. The Morgan fingerprint density at radius 3 is 2.44 bits per heavy atom. The summed E-state index contributed by atoms with van der Waals surface area (Å²) in [6.45, 7) is 7.33. The van der Waals surface area contributed by atoms with Crippen LogP contribution in [0.15, 0.2) is 30.5 Å². The molecule has 1 heterocycles. The first-order valence-corrected chi connectivity index (χ1v) is 7.24. The topological polar surface area (TPSA) is 24.9 Å². The molecule has 1 atom stereocenters. The number of benzene rings is 1. The number of nitrogens with one attached hydrogen (secondary N) is 1. The molecule has 18 heavy (non-hydrogen) atoms. The standard InChI is InChI=1S/C15H20N2S/c1-4-13-5-7-14(8-6-13)10-16-12(3)15-17-9-11(2)18-15/h5-9,12,16H,4,10H2,1-3H3. The molecule has 1 N–H and O–H groups in total. The van der Waals surface area contributed by atoms with Crippen LogP contribution in [0.4, 0.5) is 0 Å². The Kier molecular flexibility index (Phi) is 4.50. The van der Waals surface area contributed by atoms with Gasteiger partial charge < -0.3 is 5.32 Å². The van der Waals surface area contributed by atoms with Crippen LogP contribution in [0.1, 0.15) is 40.9 Å². The zero-order valence-electron chi connectivity index (χ0n) is 11.2. The second-order valence-electron chi connectivity index (χ2n) is 4.58. The lowest BCUT2D eigenvalue weighted by atomic mass is 10.1. The van der Waals surface area contributed by atoms with Gasteiger partial charge in [0.05, 0.1) is 6.04 Å². The van der Waals surface area contributed by atoms with Crippen LogP contribution in [0, 0.1) is 6.92 Å². The van der Waals surface area contributed by atoms with Crippen molar-refractivity contribution in [2.24, 2.45) is 0 Å². The van der Waals surface area contributed by atoms with Gasteiger partial charge in [0, 0.05) is 17.6 Å². The number of aromatic nitrogens is 1. The summed E-state index contributed by atoms with van der Waals surface area (Å²) < 4.78 is 0. The number of rotatable bonds is 5. The lowest BCUT2D eigenvalue weighted by molar-refractivity contribution is 0.572. The molecule has 1 unspecified atom stereocenters. The van der Waals surface area contributed by atoms with Crippen molar-refractivity contribution in [1.29, 1.82) is 0 Å². The van der Waals surface area contributed by atoms with Crippen molar-refractivity contribution in [1.82, 2.24) is 10.3 Å². The van der Waals surface area contributed by atoms with Gasteiger partial charge in [0.25, 0.3) is 0 Å². The minimum atomic E-state index is 0.314. The van der Waals surface area contributed by atoms with Gasteiger partial charge in [0.2, 0.25) is 0 Å². The second kappa shape index (κ2) is 6.12. The third-order valence-electron chi connectivity index (χ3n) is 3.05. The zero-order valence-corrected chi connectivity index (χ0v) is 12.1. The Morgan fingerprint density at radius 2 is 1.89 bits per heavy atom. The Morgan fingerprint density at radius 1 is 1.22 bits per heavy atom. The fraction of sp³-hybridized carbons (Fsp3) is 0.400. The van der Waals surface area contributed by atoms with Crippen LogP contribution >= 0.6 is 11.3 Å². The summed E-state index contributed by atoms with van der Waals surface area (Å²) in [7, 11) is 0. The lowest BCUT2D eigenvalue weighted by Gasteiger charge is -2.11. The monoisotopic (exact) mass is 260 g/mol. The fourth-order valence-electron chi connectivity index (χ4n) is 1.82. The van der Waals surface area contributed by atoms with E-state index in [4.69, 9.17) is 0 Å². The molecule has 0 radical (unpaired) electrons. The van der Waals surface area contributed by atoms with Crippen LogP contribution in [0.3, 0.4) is 0 Å². The molecule has 1 aromatic heterocycles. The van der Waals surface area contributed by atoms with E-state index in [-0.39, 0.29) is 0 Å². The average molecular weight is 260 g/mol. The van der Waals surface area contributed by atoms with Gasteiger partial charge in [-0.25, -0.2) is 4.98 Å². The molecule has 0 bridgehead atoms. The molecule has 0 saturated heterocycles. The van der Waals surface area contributed by atoms with Crippen LogP contribution in [0.25, 0.3) is 0 Å². The molecule has 0 aliphatic carbocycles. The Bertz CT molecular complexity index is 487. The van der Waals surface area contributed by atoms with Gasteiger partial charge in [-0.3, -0.25) is 0 Å². The van der Waals surface area contributed by atoms with E-state index in [0.717, 1.165) is 18.0 Å². The van der Waals surface area contributed by atoms with Crippen molar-refractivity contribution in [2.45, 2.75) is 39.8 Å². The van der Waals surface area contributed by atoms with Gasteiger partial charge in [-0.1, -0.05) is 31.2 Å². The van der Waals surface area contributed by atoms with Crippen LogP contribution in [0.5, 0.6) is 0 Å². The molecule has 0 aliphatic rings. The van der Waals surface area contributed by atoms with E-state index in [0.29, 0.717) is 6.04 Å². The van der Waals surface area contributed by atoms with Crippen molar-refractivity contribution < 1.29 is 0 Å². The first-order chi connectivity index (χ1) is 8.69. The number of aryl methyl sites for hydroxylation is 2. The molecule has 2 rings (SSSR count). The summed E-state index contributed by atoms with van der Waals surface area (Å²) in [6, 6.07) is 9.12. The molecule has 0 amide bonds. The summed E-state index contributed by atoms with van der Waals surface area (Å²) in [6.07, 6.45) is 3.04. The van der Waals surface area contributed by atoms with Crippen molar-refractivity contribution in [2.75, 3.05) is 0 Å². The Labute approximate surface area is 113 Å². The van der Waals surface area contributed by atoms with Crippen molar-refractivity contribution in [3.05, 3.63) is 51.5 Å². The molecular formula is C15H20N2S. The van der Waals surface area contributed by atoms with Crippen LogP contribution in [-0.4, -0.2) is 4.98 Å². The molecule has 0 aliphatic heterocycles. The predicted molar refractivity (Wildman–Crippen MR) is 77.9 cm³/mol. The largest absolute Gasteiger partial charge is 0.304 e. The highest BCUT2D eigenvalue weighted by Crippen LogP contribution is 2.19. The van der Waals surface area contributed by atoms with Crippen molar-refractivity contribution in [3.63, 3.8) is 0 Å². The number of hydrogen-bond acceptors (Lipinski definition) is 3. The maximum Gasteiger partial charge on any atom is 0.109 e. The quantitative estimate of drug-likeness (QED) is 0.883. The smallest absolute Gasteiger partial charge is 0.109 e. The summed E-state index contributed by atoms with van der Waals surface area (Å²) in [5, 5.41) is 4.68. The number of hydrogen-bond donors (Lipinski definition) is 1. The molecular weight excluding hydrogens is 240 g/mol. The predicted octanol–water partition coefficient (Wildman–Crippen LogP) is 3.86. The van der Waals surface area contributed by atoms with Crippen LogP contribution in [0.2, 0.25) is 0 Å². The van der Waals surface area contributed by atoms with E-state index in [1.54, 1.807) is 11.3 Å². The Balaban J connectivity index is 1.90. The van der Waals surface area contributed by atoms with Crippen LogP contribution < -0.4 is 5.32 Å². The minimum absolute atomic E-state index is 0.314. The molecule has 0 fully saturated rings. The molecule has 1 aromatic carbocycles. The molecule has 2 nitrogen and oxygen atoms in total. The maximum atomic E-state index is 4.41. The van der Waals surface area contributed by atoms with E-state index in [9.17, 15) is 0 Å². The van der Waals surface area contributed by atoms with Gasteiger partial charge in [-0.15, -0.1) is 11.3 Å². The number of thiazole rings is 1. The van der Waals surface area contributed by atoms with Crippen molar-refractivity contribution in [3.8, 4) is 0 Å². The van der Waals surface area contributed by atoms with Gasteiger partial charge >= 0.3 is 0 Å². The number of nitrogens with zero attached hydrogens (tertiary/aromatic N) is 1. The van der Waals surface area contributed by atoms with Gasteiger partial charge in [0.15, 0.2) is 0 Å². The highest BCUT2D eigenvalue weighted by atomic mass is 32.1. The normalized spacial score (nSPS) is 12.6. The SMILES string of the molecule is CCc1ccc(CNC(C)c2ncc(C)s2)cc1. The van der Waals surface area contributed by atoms with E-state index < -0.39 is 0 Å². The highest BCUT2D eigenvalue weighted by molar-refractivity contribution is 7.11. The third kappa shape index (κ3) is 3.40. The third-order valence-corrected chi connectivity index (χ3v) is 4.15. The summed E-state index contributed by atoms with van der Waals surface area (Å²) in [5.41, 5.74) is 2.72. The molecule has 2 aromatic rings. The maximum absolute atomic E-state index is 4.41. The lowest BCUT2D eigenvalue weighted by Crippen LogP contribution is -2.17. The van der Waals surface area contributed by atoms with Gasteiger partial charge in [0.1, 0.15) is 5.01 Å². The first-order valence-electron chi connectivity index (χ1n) is 6.42. The molecule has 96 valence electrons. The summed E-state index contributed by atoms with van der Waals surface area (Å²) in [4.78, 5) is 5.68. The van der Waals surface area contributed by atoms with Crippen molar-refractivity contribution >= 4 is 11.3 Å². The van der Waals surface area contributed by atoms with E-state index in [1.807, 2.05) is 6.20 Å².